The minimum absolute atomic E-state index is 0.0621. The molecule has 1 N–H and O–H groups in total. The van der Waals surface area contributed by atoms with Gasteiger partial charge in [-0.1, -0.05) is 26.0 Å². The molecule has 2 aliphatic rings. The molecule has 2 heterocycles. The molecule has 0 spiro atoms. The lowest BCUT2D eigenvalue weighted by Crippen LogP contribution is -2.43. The van der Waals surface area contributed by atoms with Crippen molar-refractivity contribution in [1.82, 2.24) is 4.90 Å². The van der Waals surface area contributed by atoms with E-state index in [-0.39, 0.29) is 30.9 Å². The summed E-state index contributed by atoms with van der Waals surface area (Å²) in [5.41, 5.74) is 2.80. The van der Waals surface area contributed by atoms with Crippen LogP contribution < -0.4 is 15.0 Å². The Kier molecular flexibility index (Phi) is 5.93. The van der Waals surface area contributed by atoms with Crippen molar-refractivity contribution in [2.75, 3.05) is 36.5 Å². The first-order valence-corrected chi connectivity index (χ1v) is 10.7. The van der Waals surface area contributed by atoms with Crippen molar-refractivity contribution < 1.29 is 19.1 Å². The number of likely N-dealkylation sites (tertiary alicyclic amines) is 1. The SMILES string of the molecule is CC(C)c1ccc(NC(=O)CN2C(=O)COc3ccc(C(=O)N4CCCC4)cc32)cc1. The number of carbonyl (C=O) groups excluding carboxylic acids is 3. The Morgan fingerprint density at radius 2 is 1.77 bits per heavy atom. The van der Waals surface area contributed by atoms with E-state index in [9.17, 15) is 14.4 Å². The van der Waals surface area contributed by atoms with Crippen LogP contribution in [0.1, 0.15) is 48.5 Å². The number of carbonyl (C=O) groups is 3. The van der Waals surface area contributed by atoms with Crippen LogP contribution in [0.5, 0.6) is 5.75 Å². The molecule has 31 heavy (non-hydrogen) atoms. The molecule has 7 heteroatoms. The van der Waals surface area contributed by atoms with Gasteiger partial charge in [-0.15, -0.1) is 0 Å². The fourth-order valence-electron chi connectivity index (χ4n) is 3.91. The zero-order chi connectivity index (χ0) is 22.0. The van der Waals surface area contributed by atoms with Crippen molar-refractivity contribution >= 4 is 29.1 Å². The predicted octanol–water partition coefficient (Wildman–Crippen LogP) is 3.41. The predicted molar refractivity (Wildman–Crippen MR) is 119 cm³/mol. The Labute approximate surface area is 182 Å². The average molecular weight is 421 g/mol. The Balaban J connectivity index is 1.50. The summed E-state index contributed by atoms with van der Waals surface area (Å²) in [6.07, 6.45) is 2.01. The van der Waals surface area contributed by atoms with E-state index in [4.69, 9.17) is 4.74 Å². The van der Waals surface area contributed by atoms with E-state index in [1.165, 1.54) is 10.5 Å². The summed E-state index contributed by atoms with van der Waals surface area (Å²) in [5.74, 6) is 0.211. The van der Waals surface area contributed by atoms with E-state index in [1.807, 2.05) is 29.2 Å². The molecule has 1 fully saturated rings. The monoisotopic (exact) mass is 421 g/mol. The molecular formula is C24H27N3O4. The van der Waals surface area contributed by atoms with Crippen LogP contribution in [-0.2, 0) is 9.59 Å². The smallest absolute Gasteiger partial charge is 0.265 e. The van der Waals surface area contributed by atoms with Crippen molar-refractivity contribution in [3.63, 3.8) is 0 Å². The van der Waals surface area contributed by atoms with Crippen molar-refractivity contribution in [1.29, 1.82) is 0 Å². The molecule has 0 bridgehead atoms. The maximum Gasteiger partial charge on any atom is 0.265 e. The molecular weight excluding hydrogens is 394 g/mol. The first-order valence-electron chi connectivity index (χ1n) is 10.7. The molecule has 0 aromatic heterocycles. The molecule has 1 saturated heterocycles. The lowest BCUT2D eigenvalue weighted by molar-refractivity contribution is -0.123. The van der Waals surface area contributed by atoms with Crippen LogP contribution in [0, 0.1) is 0 Å². The zero-order valence-corrected chi connectivity index (χ0v) is 17.9. The quantitative estimate of drug-likeness (QED) is 0.803. The van der Waals surface area contributed by atoms with Gasteiger partial charge in [0.15, 0.2) is 6.61 Å². The first-order chi connectivity index (χ1) is 14.9. The van der Waals surface area contributed by atoms with Gasteiger partial charge in [0.2, 0.25) is 5.91 Å². The van der Waals surface area contributed by atoms with E-state index < -0.39 is 0 Å². The van der Waals surface area contributed by atoms with Crippen LogP contribution in [0.25, 0.3) is 0 Å². The summed E-state index contributed by atoms with van der Waals surface area (Å²) in [6, 6.07) is 12.7. The number of rotatable bonds is 5. The molecule has 162 valence electrons. The van der Waals surface area contributed by atoms with Crippen LogP contribution in [0.2, 0.25) is 0 Å². The molecule has 0 saturated carbocycles. The highest BCUT2D eigenvalue weighted by Crippen LogP contribution is 2.33. The Morgan fingerprint density at radius 3 is 2.45 bits per heavy atom. The van der Waals surface area contributed by atoms with Gasteiger partial charge in [-0.2, -0.15) is 0 Å². The van der Waals surface area contributed by atoms with Gasteiger partial charge in [-0.05, 0) is 54.7 Å². The highest BCUT2D eigenvalue weighted by molar-refractivity contribution is 6.06. The zero-order valence-electron chi connectivity index (χ0n) is 17.9. The summed E-state index contributed by atoms with van der Waals surface area (Å²) in [4.78, 5) is 41.1. The minimum atomic E-state index is -0.316. The lowest BCUT2D eigenvalue weighted by atomic mass is 10.0. The average Bonchev–Trinajstić information content (AvgIpc) is 3.30. The van der Waals surface area contributed by atoms with Gasteiger partial charge in [-0.25, -0.2) is 0 Å². The Hall–Kier alpha value is -3.35. The van der Waals surface area contributed by atoms with Crippen molar-refractivity contribution in [2.24, 2.45) is 0 Å². The standard InChI is InChI=1S/C24H27N3O4/c1-16(2)17-5-8-19(9-6-17)25-22(28)14-27-20-13-18(24(30)26-11-3-4-12-26)7-10-21(20)31-15-23(27)29/h5-10,13,16H,3-4,11-12,14-15H2,1-2H3,(H,25,28). The van der Waals surface area contributed by atoms with Crippen LogP contribution in [0.15, 0.2) is 42.5 Å². The number of fused-ring (bicyclic) bond motifs is 1. The molecule has 0 unspecified atom stereocenters. The number of anilines is 2. The van der Waals surface area contributed by atoms with Crippen molar-refractivity contribution in [3.8, 4) is 5.75 Å². The number of nitrogens with zero attached hydrogens (tertiary/aromatic N) is 2. The van der Waals surface area contributed by atoms with Crippen LogP contribution >= 0.6 is 0 Å². The van der Waals surface area contributed by atoms with E-state index in [1.54, 1.807) is 18.2 Å². The summed E-state index contributed by atoms with van der Waals surface area (Å²) in [6.45, 7) is 5.42. The first kappa shape index (κ1) is 20.9. The van der Waals surface area contributed by atoms with Gasteiger partial charge in [0.05, 0.1) is 5.69 Å². The largest absolute Gasteiger partial charge is 0.482 e. The van der Waals surface area contributed by atoms with Gasteiger partial charge in [0.1, 0.15) is 12.3 Å². The molecule has 0 atom stereocenters. The molecule has 0 aliphatic carbocycles. The van der Waals surface area contributed by atoms with E-state index in [0.29, 0.717) is 28.6 Å². The van der Waals surface area contributed by atoms with Crippen molar-refractivity contribution in [3.05, 3.63) is 53.6 Å². The van der Waals surface area contributed by atoms with Crippen molar-refractivity contribution in [2.45, 2.75) is 32.6 Å². The molecule has 0 radical (unpaired) electrons. The van der Waals surface area contributed by atoms with Crippen LogP contribution in [0.3, 0.4) is 0 Å². The second-order valence-corrected chi connectivity index (χ2v) is 8.28. The summed E-state index contributed by atoms with van der Waals surface area (Å²) in [7, 11) is 0. The highest BCUT2D eigenvalue weighted by atomic mass is 16.5. The van der Waals surface area contributed by atoms with Crippen LogP contribution in [-0.4, -0.2) is 48.9 Å². The summed E-state index contributed by atoms with van der Waals surface area (Å²) in [5, 5.41) is 2.84. The molecule has 3 amide bonds. The number of benzene rings is 2. The number of ether oxygens (including phenoxy) is 1. The molecule has 2 aliphatic heterocycles. The molecule has 2 aromatic carbocycles. The van der Waals surface area contributed by atoms with Gasteiger partial charge in [0, 0.05) is 24.3 Å². The summed E-state index contributed by atoms with van der Waals surface area (Å²) < 4.78 is 5.51. The minimum Gasteiger partial charge on any atom is -0.482 e. The number of hydrogen-bond acceptors (Lipinski definition) is 4. The molecule has 4 rings (SSSR count). The lowest BCUT2D eigenvalue weighted by Gasteiger charge is -2.29. The fraction of sp³-hybridized carbons (Fsp3) is 0.375. The second kappa shape index (κ2) is 8.79. The Bertz CT molecular complexity index is 994. The third kappa shape index (κ3) is 4.55. The van der Waals surface area contributed by atoms with Gasteiger partial charge < -0.3 is 15.0 Å². The molecule has 7 nitrogen and oxygen atoms in total. The van der Waals surface area contributed by atoms with E-state index in [0.717, 1.165) is 25.9 Å². The maximum absolute atomic E-state index is 12.8. The van der Waals surface area contributed by atoms with Gasteiger partial charge in [0.25, 0.3) is 11.8 Å². The second-order valence-electron chi connectivity index (χ2n) is 8.28. The van der Waals surface area contributed by atoms with E-state index in [2.05, 4.69) is 19.2 Å². The highest BCUT2D eigenvalue weighted by Gasteiger charge is 2.29. The number of amides is 3. The van der Waals surface area contributed by atoms with E-state index >= 15 is 0 Å². The molecule has 2 aromatic rings. The summed E-state index contributed by atoms with van der Waals surface area (Å²) >= 11 is 0. The number of nitrogens with one attached hydrogen (secondary N) is 1. The van der Waals surface area contributed by atoms with Gasteiger partial charge in [-0.3, -0.25) is 19.3 Å². The third-order valence-electron chi connectivity index (χ3n) is 5.70. The van der Waals surface area contributed by atoms with Crippen LogP contribution in [0.4, 0.5) is 11.4 Å². The fourth-order valence-corrected chi connectivity index (χ4v) is 3.91. The Morgan fingerprint density at radius 1 is 1.06 bits per heavy atom. The van der Waals surface area contributed by atoms with Gasteiger partial charge >= 0.3 is 0 Å². The topological polar surface area (TPSA) is 79.0 Å². The maximum atomic E-state index is 12.8. The normalized spacial score (nSPS) is 15.6. The number of hydrogen-bond donors (Lipinski definition) is 1. The third-order valence-corrected chi connectivity index (χ3v) is 5.70.